The van der Waals surface area contributed by atoms with E-state index in [2.05, 4.69) is 0 Å². The van der Waals surface area contributed by atoms with E-state index >= 15 is 0 Å². The third kappa shape index (κ3) is 2.51. The van der Waals surface area contributed by atoms with Crippen molar-refractivity contribution in [3.05, 3.63) is 28.6 Å². The van der Waals surface area contributed by atoms with E-state index in [0.29, 0.717) is 0 Å². The molecule has 0 fully saturated rings. The van der Waals surface area contributed by atoms with Crippen molar-refractivity contribution < 1.29 is 34.8 Å². The maximum atomic E-state index is 13.2. The molecule has 0 bridgehead atoms. The molecule has 1 aromatic carbocycles. The van der Waals surface area contributed by atoms with Crippen LogP contribution in [0.4, 0.5) is 26.3 Å². The molecule has 0 saturated carbocycles. The van der Waals surface area contributed by atoms with Gasteiger partial charge in [0.1, 0.15) is 22.1 Å². The number of alkyl halides is 3. The molecule has 0 N–H and O–H groups in total. The van der Waals surface area contributed by atoms with Gasteiger partial charge in [0.2, 0.25) is 0 Å². The van der Waals surface area contributed by atoms with E-state index in [0.717, 1.165) is 6.07 Å². The van der Waals surface area contributed by atoms with Crippen molar-refractivity contribution >= 4 is 9.84 Å². The quantitative estimate of drug-likeness (QED) is 0.455. The molecule has 0 unspecified atom stereocenters. The van der Waals surface area contributed by atoms with Gasteiger partial charge in [-0.3, -0.25) is 0 Å². The Labute approximate surface area is 103 Å². The zero-order valence-corrected chi connectivity index (χ0v) is 9.76. The first-order valence-electron chi connectivity index (χ1n) is 4.30. The highest BCUT2D eigenvalue weighted by Gasteiger charge is 2.44. The van der Waals surface area contributed by atoms with Gasteiger partial charge in [-0.15, -0.1) is 0 Å². The number of rotatable bonds is 1. The highest BCUT2D eigenvalue weighted by molar-refractivity contribution is 7.90. The monoisotopic (exact) mass is 303 g/mol. The summed E-state index contributed by atoms with van der Waals surface area (Å²) in [4.78, 5) is -1.92. The van der Waals surface area contributed by atoms with E-state index < -0.39 is 49.5 Å². The third-order valence-electron chi connectivity index (χ3n) is 2.04. The minimum Gasteiger partial charge on any atom is -0.224 e. The van der Waals surface area contributed by atoms with Crippen molar-refractivity contribution in [3.8, 4) is 6.07 Å². The van der Waals surface area contributed by atoms with Crippen LogP contribution in [0, 0.1) is 28.8 Å². The van der Waals surface area contributed by atoms with Gasteiger partial charge in [0.15, 0.2) is 27.3 Å². The number of halogens is 6. The Hall–Kier alpha value is -1.76. The van der Waals surface area contributed by atoms with Crippen LogP contribution in [0.2, 0.25) is 0 Å². The fourth-order valence-electron chi connectivity index (χ4n) is 1.36. The second-order valence-corrected chi connectivity index (χ2v) is 5.36. The molecule has 1 aromatic rings. The largest absolute Gasteiger partial charge is 0.420 e. The molecule has 0 aliphatic carbocycles. The van der Waals surface area contributed by atoms with Crippen molar-refractivity contribution in [2.75, 3.05) is 6.26 Å². The second-order valence-electron chi connectivity index (χ2n) is 3.40. The van der Waals surface area contributed by atoms with Crippen molar-refractivity contribution in [1.29, 1.82) is 5.26 Å². The van der Waals surface area contributed by atoms with Crippen LogP contribution in [0.25, 0.3) is 0 Å². The summed E-state index contributed by atoms with van der Waals surface area (Å²) >= 11 is 0. The Morgan fingerprint density at radius 1 is 1.05 bits per heavy atom. The van der Waals surface area contributed by atoms with Gasteiger partial charge < -0.3 is 0 Å². The topological polar surface area (TPSA) is 57.9 Å². The number of nitrogens with zero attached hydrogens (tertiary/aromatic N) is 1. The lowest BCUT2D eigenvalue weighted by Gasteiger charge is -2.15. The van der Waals surface area contributed by atoms with E-state index in [-0.39, 0.29) is 6.26 Å². The Balaban J connectivity index is 4.14. The minimum atomic E-state index is -5.61. The van der Waals surface area contributed by atoms with E-state index in [1.165, 1.54) is 0 Å². The Bertz CT molecular complexity index is 686. The minimum absolute atomic E-state index is 0.217. The number of nitriles is 1. The van der Waals surface area contributed by atoms with Crippen LogP contribution in [0.15, 0.2) is 4.90 Å². The van der Waals surface area contributed by atoms with E-state index in [9.17, 15) is 34.8 Å². The number of hydrogen-bond donors (Lipinski definition) is 0. The molecule has 0 aliphatic heterocycles. The average molecular weight is 303 g/mol. The molecule has 1 rings (SSSR count). The zero-order valence-electron chi connectivity index (χ0n) is 8.94. The van der Waals surface area contributed by atoms with Gasteiger partial charge in [0, 0.05) is 6.26 Å². The summed E-state index contributed by atoms with van der Waals surface area (Å²) in [5, 5.41) is 8.46. The third-order valence-corrected chi connectivity index (χ3v) is 3.19. The van der Waals surface area contributed by atoms with E-state index in [1.807, 2.05) is 0 Å². The Morgan fingerprint density at radius 3 is 1.84 bits per heavy atom. The van der Waals surface area contributed by atoms with Gasteiger partial charge in [0.25, 0.3) is 0 Å². The molecule has 0 radical (unpaired) electrons. The highest BCUT2D eigenvalue weighted by Crippen LogP contribution is 2.39. The number of benzene rings is 1. The standard InChI is InChI=1S/C9H3F6NO2S/c1-19(17,18)8-3(2-16)5(10)7(12)6(11)4(8)9(13,14)15/h1H3. The molecule has 0 atom stereocenters. The van der Waals surface area contributed by atoms with E-state index in [4.69, 9.17) is 5.26 Å². The molecule has 0 spiro atoms. The fourth-order valence-corrected chi connectivity index (χ4v) is 2.45. The molecular weight excluding hydrogens is 300 g/mol. The molecule has 0 amide bonds. The van der Waals surface area contributed by atoms with Gasteiger partial charge >= 0.3 is 6.18 Å². The molecule has 0 aliphatic rings. The molecule has 104 valence electrons. The van der Waals surface area contributed by atoms with Gasteiger partial charge in [-0.2, -0.15) is 18.4 Å². The van der Waals surface area contributed by atoms with Crippen molar-refractivity contribution in [2.24, 2.45) is 0 Å². The Morgan fingerprint density at radius 2 is 1.53 bits per heavy atom. The molecule has 0 aromatic heterocycles. The zero-order chi connectivity index (χ0) is 15.2. The SMILES string of the molecule is CS(=O)(=O)c1c(C#N)c(F)c(F)c(F)c1C(F)(F)F. The molecule has 0 heterocycles. The lowest BCUT2D eigenvalue weighted by atomic mass is 10.1. The summed E-state index contributed by atoms with van der Waals surface area (Å²) in [7, 11) is -4.81. The molecule has 0 saturated heterocycles. The Kier molecular flexibility index (Phi) is 3.55. The van der Waals surface area contributed by atoms with Crippen LogP contribution >= 0.6 is 0 Å². The van der Waals surface area contributed by atoms with Crippen molar-refractivity contribution in [3.63, 3.8) is 0 Å². The summed E-state index contributed by atoms with van der Waals surface area (Å²) in [5.41, 5.74) is -4.24. The molecule has 3 nitrogen and oxygen atoms in total. The summed E-state index contributed by atoms with van der Waals surface area (Å²) in [6.07, 6.45) is -5.39. The number of hydrogen-bond acceptors (Lipinski definition) is 3. The van der Waals surface area contributed by atoms with Gasteiger partial charge in [0.05, 0.1) is 0 Å². The van der Waals surface area contributed by atoms with Crippen LogP contribution in [-0.2, 0) is 16.0 Å². The van der Waals surface area contributed by atoms with Gasteiger partial charge in [-0.25, -0.2) is 21.6 Å². The summed E-state index contributed by atoms with van der Waals surface area (Å²) < 4.78 is 99.3. The maximum Gasteiger partial charge on any atom is 0.420 e. The summed E-state index contributed by atoms with van der Waals surface area (Å²) in [5.74, 6) is -7.55. The first kappa shape index (κ1) is 15.3. The maximum absolute atomic E-state index is 13.2. The lowest BCUT2D eigenvalue weighted by molar-refractivity contribution is -0.142. The highest BCUT2D eigenvalue weighted by atomic mass is 32.2. The summed E-state index contributed by atoms with van der Waals surface area (Å²) in [6.45, 7) is 0. The number of sulfone groups is 1. The van der Waals surface area contributed by atoms with Crippen molar-refractivity contribution in [2.45, 2.75) is 11.1 Å². The lowest BCUT2D eigenvalue weighted by Crippen LogP contribution is -2.19. The second kappa shape index (κ2) is 4.41. The molecule has 19 heavy (non-hydrogen) atoms. The fraction of sp³-hybridized carbons (Fsp3) is 0.222. The van der Waals surface area contributed by atoms with Crippen LogP contribution in [-0.4, -0.2) is 14.7 Å². The summed E-state index contributed by atoms with van der Waals surface area (Å²) in [6, 6.07) is 0.790. The first-order chi connectivity index (χ1) is 8.42. The molecular formula is C9H3F6NO2S. The van der Waals surface area contributed by atoms with Gasteiger partial charge in [-0.1, -0.05) is 0 Å². The van der Waals surface area contributed by atoms with E-state index in [1.54, 1.807) is 0 Å². The van der Waals surface area contributed by atoms with Crippen LogP contribution in [0.5, 0.6) is 0 Å². The van der Waals surface area contributed by atoms with Crippen molar-refractivity contribution in [1.82, 2.24) is 0 Å². The predicted molar refractivity (Wildman–Crippen MR) is 49.1 cm³/mol. The smallest absolute Gasteiger partial charge is 0.224 e. The normalized spacial score (nSPS) is 12.3. The van der Waals surface area contributed by atoms with Gasteiger partial charge in [-0.05, 0) is 0 Å². The first-order valence-corrected chi connectivity index (χ1v) is 6.19. The molecule has 10 heteroatoms. The van der Waals surface area contributed by atoms with Crippen LogP contribution in [0.1, 0.15) is 11.1 Å². The average Bonchev–Trinajstić information content (AvgIpc) is 2.22. The van der Waals surface area contributed by atoms with Crippen LogP contribution in [0.3, 0.4) is 0 Å². The predicted octanol–water partition coefficient (Wildman–Crippen LogP) is 2.40. The van der Waals surface area contributed by atoms with Crippen LogP contribution < -0.4 is 0 Å².